The summed E-state index contributed by atoms with van der Waals surface area (Å²) < 4.78 is 0. The number of nitrogens with zero attached hydrogens (tertiary/aromatic N) is 2. The first-order valence-corrected chi connectivity index (χ1v) is 10.5. The highest BCUT2D eigenvalue weighted by Gasteiger charge is 2.38. The molecule has 0 spiro atoms. The molecule has 0 aromatic carbocycles. The van der Waals surface area contributed by atoms with Gasteiger partial charge in [0.05, 0.1) is 25.3 Å². The Balaban J connectivity index is 2.54. The summed E-state index contributed by atoms with van der Waals surface area (Å²) in [6, 6.07) is 0.124. The predicted octanol–water partition coefficient (Wildman–Crippen LogP) is 0.828. The van der Waals surface area contributed by atoms with Crippen LogP contribution in [0.5, 0.6) is 0 Å². The lowest BCUT2D eigenvalue weighted by atomic mass is 10.2. The number of hydrogen-bond donors (Lipinski definition) is 2. The third-order valence-corrected chi connectivity index (χ3v) is 5.11. The van der Waals surface area contributed by atoms with Crippen LogP contribution >= 0.6 is 0 Å². The lowest BCUT2D eigenvalue weighted by Crippen LogP contribution is -2.39. The molecule has 2 amide bonds. The number of amides is 2. The van der Waals surface area contributed by atoms with Crippen LogP contribution in [-0.4, -0.2) is 72.6 Å². The van der Waals surface area contributed by atoms with Crippen LogP contribution in [0.15, 0.2) is 0 Å². The van der Waals surface area contributed by atoms with E-state index in [2.05, 4.69) is 19.6 Å². The van der Waals surface area contributed by atoms with Crippen molar-refractivity contribution < 1.29 is 24.6 Å². The second kappa shape index (κ2) is 7.05. The number of carboxylic acid groups (broad SMARTS) is 1. The molecule has 1 aliphatic rings. The van der Waals surface area contributed by atoms with E-state index in [4.69, 9.17) is 9.94 Å². The van der Waals surface area contributed by atoms with E-state index in [9.17, 15) is 14.7 Å². The first-order valence-electron chi connectivity index (χ1n) is 6.75. The highest BCUT2D eigenvalue weighted by Crippen LogP contribution is 2.22. The highest BCUT2D eigenvalue weighted by molar-refractivity contribution is 6.76. The predicted molar refractivity (Wildman–Crippen MR) is 76.0 cm³/mol. The molecule has 7 nitrogen and oxygen atoms in total. The number of hydrogen-bond acceptors (Lipinski definition) is 4. The molecule has 2 atom stereocenters. The minimum atomic E-state index is -1.24. The number of rotatable bonds is 7. The van der Waals surface area contributed by atoms with Crippen LogP contribution in [0, 0.1) is 0 Å². The van der Waals surface area contributed by atoms with Crippen molar-refractivity contribution in [2.75, 3.05) is 19.8 Å². The topological polar surface area (TPSA) is 90.3 Å². The summed E-state index contributed by atoms with van der Waals surface area (Å²) in [5, 5.41) is 19.4. The molecule has 2 N–H and O–H groups in total. The van der Waals surface area contributed by atoms with Gasteiger partial charge in [0.15, 0.2) is 0 Å². The smallest absolute Gasteiger partial charge is 0.407 e. The maximum atomic E-state index is 11.1. The van der Waals surface area contributed by atoms with Crippen LogP contribution in [0.2, 0.25) is 25.7 Å². The molecule has 2 unspecified atom stereocenters. The molecule has 0 radical (unpaired) electrons. The summed E-state index contributed by atoms with van der Waals surface area (Å²) in [6.45, 7) is 7.03. The molecule has 1 heterocycles. The molecule has 20 heavy (non-hydrogen) atoms. The van der Waals surface area contributed by atoms with Crippen LogP contribution in [0.25, 0.3) is 0 Å². The second-order valence-corrected chi connectivity index (χ2v) is 11.9. The summed E-state index contributed by atoms with van der Waals surface area (Å²) in [4.78, 5) is 28.8. The normalized spacial score (nSPS) is 22.9. The van der Waals surface area contributed by atoms with Gasteiger partial charge < -0.3 is 15.1 Å². The molecule has 0 aromatic heterocycles. The first kappa shape index (κ1) is 16.9. The van der Waals surface area contributed by atoms with Gasteiger partial charge in [0.1, 0.15) is 0 Å². The summed E-state index contributed by atoms with van der Waals surface area (Å²) >= 11 is 0. The summed E-state index contributed by atoms with van der Waals surface area (Å²) in [5.41, 5.74) is 0. The molecular formula is C12H24N2O5Si. The number of carbonyl (C=O) groups is 2. The number of hydroxylamine groups is 2. The average molecular weight is 304 g/mol. The zero-order valence-electron chi connectivity index (χ0n) is 12.3. The average Bonchev–Trinajstić information content (AvgIpc) is 2.77. The molecule has 1 aliphatic heterocycles. The fourth-order valence-electron chi connectivity index (χ4n) is 2.16. The molecule has 0 saturated carbocycles. The molecule has 0 aliphatic carbocycles. The molecule has 1 saturated heterocycles. The highest BCUT2D eigenvalue weighted by atomic mass is 28.3. The van der Waals surface area contributed by atoms with E-state index < -0.39 is 20.2 Å². The lowest BCUT2D eigenvalue weighted by Gasteiger charge is -2.25. The number of aliphatic hydroxyl groups excluding tert-OH is 1. The fourth-order valence-corrected chi connectivity index (χ4v) is 2.87. The van der Waals surface area contributed by atoms with Gasteiger partial charge in [0, 0.05) is 14.6 Å². The van der Waals surface area contributed by atoms with Gasteiger partial charge in [-0.3, -0.25) is 9.63 Å². The van der Waals surface area contributed by atoms with Crippen molar-refractivity contribution in [3.63, 3.8) is 0 Å². The number of aliphatic hydroxyl groups is 1. The van der Waals surface area contributed by atoms with E-state index >= 15 is 0 Å². The molecule has 1 rings (SSSR count). The summed E-state index contributed by atoms with van der Waals surface area (Å²) in [7, 11) is -1.24. The molecule has 116 valence electrons. The Hall–Kier alpha value is -1.12. The van der Waals surface area contributed by atoms with Crippen LogP contribution in [-0.2, 0) is 9.63 Å². The minimum absolute atomic E-state index is 0.173. The fraction of sp³-hybridized carbons (Fsp3) is 0.833. The van der Waals surface area contributed by atoms with Gasteiger partial charge in [0.2, 0.25) is 6.41 Å². The summed E-state index contributed by atoms with van der Waals surface area (Å²) in [5.74, 6) is 0. The van der Waals surface area contributed by atoms with Crippen molar-refractivity contribution in [2.24, 2.45) is 0 Å². The Morgan fingerprint density at radius 1 is 1.50 bits per heavy atom. The monoisotopic (exact) mass is 304 g/mol. The van der Waals surface area contributed by atoms with Crippen LogP contribution in [0.3, 0.4) is 0 Å². The number of carbonyl (C=O) groups excluding carboxylic acids is 1. The van der Waals surface area contributed by atoms with Crippen molar-refractivity contribution in [1.29, 1.82) is 0 Å². The third kappa shape index (κ3) is 4.77. The Bertz CT molecular complexity index is 347. The van der Waals surface area contributed by atoms with Gasteiger partial charge in [-0.25, -0.2) is 9.86 Å². The van der Waals surface area contributed by atoms with Crippen LogP contribution < -0.4 is 0 Å². The van der Waals surface area contributed by atoms with E-state index in [0.29, 0.717) is 19.4 Å². The quantitative estimate of drug-likeness (QED) is 0.413. The van der Waals surface area contributed by atoms with E-state index in [0.717, 1.165) is 10.9 Å². The van der Waals surface area contributed by atoms with Gasteiger partial charge in [-0.2, -0.15) is 0 Å². The molecule has 1 fully saturated rings. The van der Waals surface area contributed by atoms with Crippen molar-refractivity contribution >= 4 is 20.6 Å². The van der Waals surface area contributed by atoms with Crippen molar-refractivity contribution in [1.82, 2.24) is 9.96 Å². The third-order valence-electron chi connectivity index (χ3n) is 3.41. The Labute approximate surface area is 120 Å². The molecule has 8 heteroatoms. The first-order chi connectivity index (χ1) is 9.28. The molecule has 0 aromatic rings. The van der Waals surface area contributed by atoms with Gasteiger partial charge in [0.25, 0.3) is 0 Å². The Morgan fingerprint density at radius 3 is 2.55 bits per heavy atom. The lowest BCUT2D eigenvalue weighted by molar-refractivity contribution is -0.182. The van der Waals surface area contributed by atoms with Crippen LogP contribution in [0.1, 0.15) is 6.42 Å². The second-order valence-electron chi connectivity index (χ2n) is 6.27. The standard InChI is InChI=1S/C12H24N2O5Si/c1-20(2,3)5-4-19-14(9-16)10-6-11(8-15)13(7-10)12(17)18/h9-11,15H,4-8H2,1-3H3,(H,17,18). The van der Waals surface area contributed by atoms with Gasteiger partial charge >= 0.3 is 6.09 Å². The molecular weight excluding hydrogens is 280 g/mol. The van der Waals surface area contributed by atoms with E-state index in [1.165, 1.54) is 5.06 Å². The van der Waals surface area contributed by atoms with E-state index in [-0.39, 0.29) is 19.2 Å². The van der Waals surface area contributed by atoms with Gasteiger partial charge in [-0.05, 0) is 12.5 Å². The zero-order valence-corrected chi connectivity index (χ0v) is 13.3. The molecule has 0 bridgehead atoms. The van der Waals surface area contributed by atoms with Crippen molar-refractivity contribution in [2.45, 2.75) is 44.2 Å². The zero-order chi connectivity index (χ0) is 15.3. The van der Waals surface area contributed by atoms with Gasteiger partial charge in [-0.15, -0.1) is 0 Å². The largest absolute Gasteiger partial charge is 0.465 e. The van der Waals surface area contributed by atoms with Gasteiger partial charge in [-0.1, -0.05) is 19.6 Å². The van der Waals surface area contributed by atoms with E-state index in [1.54, 1.807) is 0 Å². The maximum Gasteiger partial charge on any atom is 0.407 e. The van der Waals surface area contributed by atoms with Crippen LogP contribution in [0.4, 0.5) is 4.79 Å². The Morgan fingerprint density at radius 2 is 2.15 bits per heavy atom. The number of likely N-dealkylation sites (tertiary alicyclic amines) is 1. The maximum absolute atomic E-state index is 11.1. The minimum Gasteiger partial charge on any atom is -0.465 e. The SMILES string of the molecule is C[Si](C)(C)CCON(C=O)C1CC(CO)N(C(=O)O)C1. The summed E-state index contributed by atoms with van der Waals surface area (Å²) in [6.07, 6.45) is -0.0946. The van der Waals surface area contributed by atoms with Crippen molar-refractivity contribution in [3.8, 4) is 0 Å². The van der Waals surface area contributed by atoms with E-state index in [1.807, 2.05) is 0 Å². The Kier molecular flexibility index (Phi) is 5.97. The van der Waals surface area contributed by atoms with Crippen molar-refractivity contribution in [3.05, 3.63) is 0 Å².